The summed E-state index contributed by atoms with van der Waals surface area (Å²) in [6.07, 6.45) is 2.01. The minimum Gasteiger partial charge on any atom is -0.381 e. The molecule has 0 atom stereocenters. The van der Waals surface area contributed by atoms with Crippen LogP contribution in [0.5, 0.6) is 0 Å². The standard InChI is InChI=1S/C23H23ClN2O2/c24-17-4-3-5-18(14-17)26-22-9-8-21(19-6-1-2-7-20(19)22)23(27)25-15-16-10-12-28-13-11-16/h1-9,14,16,26H,10-13,15H2,(H,25,27). The largest absolute Gasteiger partial charge is 0.381 e. The second-order valence-electron chi connectivity index (χ2n) is 7.11. The van der Waals surface area contributed by atoms with Crippen molar-refractivity contribution in [1.29, 1.82) is 0 Å². The molecule has 2 N–H and O–H groups in total. The van der Waals surface area contributed by atoms with Gasteiger partial charge in [-0.15, -0.1) is 0 Å². The van der Waals surface area contributed by atoms with Gasteiger partial charge < -0.3 is 15.4 Å². The lowest BCUT2D eigenvalue weighted by Gasteiger charge is -2.22. The Kier molecular flexibility index (Phi) is 5.79. The first-order chi connectivity index (χ1) is 13.7. The number of fused-ring (bicyclic) bond motifs is 1. The molecular formula is C23H23ClN2O2. The molecule has 0 bridgehead atoms. The molecule has 0 spiro atoms. The highest BCUT2D eigenvalue weighted by Crippen LogP contribution is 2.30. The van der Waals surface area contributed by atoms with E-state index < -0.39 is 0 Å². The number of anilines is 2. The molecule has 5 heteroatoms. The van der Waals surface area contributed by atoms with E-state index in [1.165, 1.54) is 0 Å². The fraction of sp³-hybridized carbons (Fsp3) is 0.261. The number of halogens is 1. The second-order valence-corrected chi connectivity index (χ2v) is 7.54. The molecule has 1 fully saturated rings. The third-order valence-electron chi connectivity index (χ3n) is 5.16. The molecule has 1 heterocycles. The summed E-state index contributed by atoms with van der Waals surface area (Å²) >= 11 is 6.09. The molecule has 0 aromatic heterocycles. The van der Waals surface area contributed by atoms with E-state index in [2.05, 4.69) is 10.6 Å². The smallest absolute Gasteiger partial charge is 0.251 e. The maximum absolute atomic E-state index is 12.8. The van der Waals surface area contributed by atoms with Crippen LogP contribution in [0.2, 0.25) is 5.02 Å². The quantitative estimate of drug-likeness (QED) is 0.609. The number of nitrogens with one attached hydrogen (secondary N) is 2. The van der Waals surface area contributed by atoms with Gasteiger partial charge in [0.05, 0.1) is 0 Å². The van der Waals surface area contributed by atoms with Gasteiger partial charge in [0.1, 0.15) is 0 Å². The van der Waals surface area contributed by atoms with Gasteiger partial charge in [-0.1, -0.05) is 41.9 Å². The molecule has 1 amide bonds. The number of benzene rings is 3. The van der Waals surface area contributed by atoms with Crippen LogP contribution < -0.4 is 10.6 Å². The first-order valence-electron chi connectivity index (χ1n) is 9.61. The molecule has 28 heavy (non-hydrogen) atoms. The van der Waals surface area contributed by atoms with Crippen molar-refractivity contribution in [2.45, 2.75) is 12.8 Å². The third kappa shape index (κ3) is 4.29. The summed E-state index contributed by atoms with van der Waals surface area (Å²) < 4.78 is 5.39. The molecule has 3 aromatic carbocycles. The van der Waals surface area contributed by atoms with Crippen LogP contribution in [-0.4, -0.2) is 25.7 Å². The molecule has 0 radical (unpaired) electrons. The zero-order chi connectivity index (χ0) is 19.3. The van der Waals surface area contributed by atoms with E-state index in [1.54, 1.807) is 0 Å². The number of carbonyl (C=O) groups is 1. The lowest BCUT2D eigenvalue weighted by atomic mass is 9.99. The average Bonchev–Trinajstić information content (AvgIpc) is 2.73. The van der Waals surface area contributed by atoms with E-state index in [0.29, 0.717) is 23.0 Å². The molecule has 1 aliphatic rings. The van der Waals surface area contributed by atoms with E-state index in [4.69, 9.17) is 16.3 Å². The Morgan fingerprint density at radius 1 is 1.00 bits per heavy atom. The lowest BCUT2D eigenvalue weighted by Crippen LogP contribution is -2.32. The van der Waals surface area contributed by atoms with Crippen molar-refractivity contribution < 1.29 is 9.53 Å². The van der Waals surface area contributed by atoms with Crippen LogP contribution in [0.4, 0.5) is 11.4 Å². The summed E-state index contributed by atoms with van der Waals surface area (Å²) in [5.74, 6) is 0.463. The first-order valence-corrected chi connectivity index (χ1v) is 9.99. The van der Waals surface area contributed by atoms with Gasteiger partial charge in [0.15, 0.2) is 0 Å². The number of hydrogen-bond acceptors (Lipinski definition) is 3. The second kappa shape index (κ2) is 8.63. The van der Waals surface area contributed by atoms with Gasteiger partial charge in [0, 0.05) is 47.1 Å². The van der Waals surface area contributed by atoms with E-state index in [-0.39, 0.29) is 5.91 Å². The van der Waals surface area contributed by atoms with Gasteiger partial charge in [-0.2, -0.15) is 0 Å². The topological polar surface area (TPSA) is 50.4 Å². The van der Waals surface area contributed by atoms with Crippen LogP contribution in [0.1, 0.15) is 23.2 Å². The molecule has 1 aliphatic heterocycles. The van der Waals surface area contributed by atoms with Crippen LogP contribution in [0.25, 0.3) is 10.8 Å². The van der Waals surface area contributed by atoms with Crippen LogP contribution in [0, 0.1) is 5.92 Å². The molecular weight excluding hydrogens is 372 g/mol. The molecule has 0 saturated carbocycles. The Labute approximate surface area is 169 Å². The van der Waals surface area contributed by atoms with E-state index in [0.717, 1.165) is 48.2 Å². The molecule has 4 nitrogen and oxygen atoms in total. The van der Waals surface area contributed by atoms with Gasteiger partial charge in [-0.3, -0.25) is 4.79 Å². The van der Waals surface area contributed by atoms with Crippen molar-refractivity contribution in [3.63, 3.8) is 0 Å². The molecule has 0 aliphatic carbocycles. The van der Waals surface area contributed by atoms with Gasteiger partial charge in [0.25, 0.3) is 5.91 Å². The van der Waals surface area contributed by atoms with Crippen molar-refractivity contribution in [1.82, 2.24) is 5.32 Å². The Hall–Kier alpha value is -2.56. The fourth-order valence-electron chi connectivity index (χ4n) is 3.61. The summed E-state index contributed by atoms with van der Waals surface area (Å²) in [6, 6.07) is 19.4. The predicted octanol–water partition coefficient (Wildman–Crippen LogP) is 5.39. The Morgan fingerprint density at radius 2 is 1.79 bits per heavy atom. The number of amides is 1. The minimum absolute atomic E-state index is 0.0306. The minimum atomic E-state index is -0.0306. The SMILES string of the molecule is O=C(NCC1CCOCC1)c1ccc(Nc2cccc(Cl)c2)c2ccccc12. The number of ether oxygens (including phenoxy) is 1. The van der Waals surface area contributed by atoms with E-state index >= 15 is 0 Å². The van der Waals surface area contributed by atoms with Gasteiger partial charge in [0.2, 0.25) is 0 Å². The molecule has 3 aromatic rings. The van der Waals surface area contributed by atoms with Crippen molar-refractivity contribution in [3.8, 4) is 0 Å². The highest BCUT2D eigenvalue weighted by molar-refractivity contribution is 6.30. The molecule has 4 rings (SSSR count). The third-order valence-corrected chi connectivity index (χ3v) is 5.40. The Morgan fingerprint density at radius 3 is 2.57 bits per heavy atom. The summed E-state index contributed by atoms with van der Waals surface area (Å²) in [6.45, 7) is 2.26. The van der Waals surface area contributed by atoms with Crippen LogP contribution >= 0.6 is 11.6 Å². The van der Waals surface area contributed by atoms with Gasteiger partial charge in [-0.05, 0) is 54.5 Å². The van der Waals surface area contributed by atoms with E-state index in [9.17, 15) is 4.79 Å². The summed E-state index contributed by atoms with van der Waals surface area (Å²) in [5, 5.41) is 9.12. The summed E-state index contributed by atoms with van der Waals surface area (Å²) in [4.78, 5) is 12.8. The fourth-order valence-corrected chi connectivity index (χ4v) is 3.80. The van der Waals surface area contributed by atoms with Crippen molar-refractivity contribution >= 4 is 39.7 Å². The zero-order valence-electron chi connectivity index (χ0n) is 15.6. The van der Waals surface area contributed by atoms with Crippen LogP contribution in [0.15, 0.2) is 60.7 Å². The van der Waals surface area contributed by atoms with Gasteiger partial charge >= 0.3 is 0 Å². The Balaban J connectivity index is 1.57. The van der Waals surface area contributed by atoms with E-state index in [1.807, 2.05) is 60.7 Å². The van der Waals surface area contributed by atoms with Gasteiger partial charge in [-0.25, -0.2) is 0 Å². The van der Waals surface area contributed by atoms with Crippen LogP contribution in [0.3, 0.4) is 0 Å². The lowest BCUT2D eigenvalue weighted by molar-refractivity contribution is 0.0643. The maximum Gasteiger partial charge on any atom is 0.251 e. The first kappa shape index (κ1) is 18.8. The number of hydrogen-bond donors (Lipinski definition) is 2. The monoisotopic (exact) mass is 394 g/mol. The summed E-state index contributed by atoms with van der Waals surface area (Å²) in [7, 11) is 0. The van der Waals surface area contributed by atoms with Crippen molar-refractivity contribution in [2.24, 2.45) is 5.92 Å². The zero-order valence-corrected chi connectivity index (χ0v) is 16.3. The average molecular weight is 395 g/mol. The maximum atomic E-state index is 12.8. The number of rotatable bonds is 5. The summed E-state index contributed by atoms with van der Waals surface area (Å²) in [5.41, 5.74) is 2.55. The van der Waals surface area contributed by atoms with Crippen LogP contribution in [-0.2, 0) is 4.74 Å². The molecule has 0 unspecified atom stereocenters. The van der Waals surface area contributed by atoms with Crippen molar-refractivity contribution in [3.05, 3.63) is 71.2 Å². The Bertz CT molecular complexity index is 983. The predicted molar refractivity (Wildman–Crippen MR) is 115 cm³/mol. The highest BCUT2D eigenvalue weighted by atomic mass is 35.5. The highest BCUT2D eigenvalue weighted by Gasteiger charge is 2.17. The van der Waals surface area contributed by atoms with Crippen molar-refractivity contribution in [2.75, 3.05) is 25.1 Å². The number of carbonyl (C=O) groups excluding carboxylic acids is 1. The molecule has 144 valence electrons. The normalized spacial score (nSPS) is 14.8. The molecule has 1 saturated heterocycles.